The number of benzene rings is 2. The van der Waals surface area contributed by atoms with Crippen molar-refractivity contribution < 1.29 is 25.9 Å². The first kappa shape index (κ1) is 21.4. The van der Waals surface area contributed by atoms with Gasteiger partial charge in [0.1, 0.15) is 9.79 Å². The minimum absolute atomic E-state index is 0.102. The van der Waals surface area contributed by atoms with Crippen LogP contribution in [0.15, 0.2) is 67.3 Å². The van der Waals surface area contributed by atoms with Gasteiger partial charge in [0.05, 0.1) is 22.8 Å². The van der Waals surface area contributed by atoms with E-state index in [9.17, 15) is 26.2 Å². The molecule has 0 saturated heterocycles. The molecule has 0 unspecified atom stereocenters. The molecule has 0 aliphatic carbocycles. The summed E-state index contributed by atoms with van der Waals surface area (Å²) in [5.74, 6) is 0. The van der Waals surface area contributed by atoms with Gasteiger partial charge in [0.2, 0.25) is 0 Å². The highest BCUT2D eigenvalue weighted by molar-refractivity contribution is 7.86. The second-order valence-electron chi connectivity index (χ2n) is 6.07. The normalized spacial score (nSPS) is 12.5. The van der Waals surface area contributed by atoms with Crippen molar-refractivity contribution in [3.8, 4) is 5.69 Å². The van der Waals surface area contributed by atoms with E-state index in [0.29, 0.717) is 0 Å². The summed E-state index contributed by atoms with van der Waals surface area (Å²) in [6.45, 7) is 1.50. The molecule has 3 aromatic rings. The zero-order chi connectivity index (χ0) is 22.3. The van der Waals surface area contributed by atoms with Gasteiger partial charge in [-0.25, -0.2) is 4.68 Å². The molecule has 12 nitrogen and oxygen atoms in total. The van der Waals surface area contributed by atoms with Crippen molar-refractivity contribution in [1.29, 1.82) is 0 Å². The van der Waals surface area contributed by atoms with Crippen molar-refractivity contribution in [3.05, 3.63) is 58.5 Å². The number of nitrogen functional groups attached to an aromatic ring is 1. The summed E-state index contributed by atoms with van der Waals surface area (Å²) in [6.07, 6.45) is 0. The molecule has 3 rings (SSSR count). The summed E-state index contributed by atoms with van der Waals surface area (Å²) in [5.41, 5.74) is 4.65. The van der Waals surface area contributed by atoms with Crippen molar-refractivity contribution in [2.24, 2.45) is 10.2 Å². The Morgan fingerprint density at radius 1 is 0.967 bits per heavy atom. The quantitative estimate of drug-likeness (QED) is 0.255. The molecule has 0 amide bonds. The van der Waals surface area contributed by atoms with Gasteiger partial charge in [-0.3, -0.25) is 19.0 Å². The first-order valence-corrected chi connectivity index (χ1v) is 10.9. The molecule has 0 saturated carbocycles. The van der Waals surface area contributed by atoms with E-state index < -0.39 is 35.6 Å². The van der Waals surface area contributed by atoms with E-state index in [1.807, 2.05) is 0 Å². The third-order valence-corrected chi connectivity index (χ3v) is 5.79. The average Bonchev–Trinajstić information content (AvgIpc) is 2.92. The lowest BCUT2D eigenvalue weighted by molar-refractivity contribution is 0.480. The number of aromatic nitrogens is 2. The predicted molar refractivity (Wildman–Crippen MR) is 106 cm³/mol. The summed E-state index contributed by atoms with van der Waals surface area (Å²) in [7, 11) is -9.09. The fourth-order valence-electron chi connectivity index (χ4n) is 2.63. The number of anilines is 1. The zero-order valence-electron chi connectivity index (χ0n) is 15.2. The van der Waals surface area contributed by atoms with Crippen molar-refractivity contribution in [2.45, 2.75) is 16.7 Å². The standard InChI is InChI=1S/C16H15N5O7S2/c1-9-15(19-18-10-6-7-13(11(17)8-10)29(23,24)25)16(22)21(20-9)12-4-2-3-5-14(12)30(26,27)28/h2-8,20H,17H2,1H3,(H,23,24,25)(H,26,27,28). The number of para-hydroxylation sites is 1. The maximum Gasteiger partial charge on any atom is 0.299 e. The maximum atomic E-state index is 12.7. The lowest BCUT2D eigenvalue weighted by atomic mass is 10.3. The predicted octanol–water partition coefficient (Wildman–Crippen LogP) is 1.97. The summed E-state index contributed by atoms with van der Waals surface area (Å²) in [6, 6.07) is 8.70. The van der Waals surface area contributed by atoms with Crippen LogP contribution in [0.2, 0.25) is 0 Å². The minimum Gasteiger partial charge on any atom is -0.398 e. The molecule has 1 aromatic heterocycles. The van der Waals surface area contributed by atoms with Gasteiger partial charge in [-0.2, -0.15) is 21.9 Å². The van der Waals surface area contributed by atoms with Gasteiger partial charge >= 0.3 is 0 Å². The fraction of sp³-hybridized carbons (Fsp3) is 0.0625. The first-order chi connectivity index (χ1) is 13.9. The number of nitrogens with one attached hydrogen (secondary N) is 1. The van der Waals surface area contributed by atoms with Crippen molar-refractivity contribution in [1.82, 2.24) is 9.78 Å². The van der Waals surface area contributed by atoms with Crippen LogP contribution in [0.3, 0.4) is 0 Å². The largest absolute Gasteiger partial charge is 0.398 e. The van der Waals surface area contributed by atoms with Crippen LogP contribution in [0, 0.1) is 6.92 Å². The van der Waals surface area contributed by atoms with Crippen LogP contribution < -0.4 is 11.3 Å². The van der Waals surface area contributed by atoms with Crippen LogP contribution in [0.25, 0.3) is 5.69 Å². The Morgan fingerprint density at radius 2 is 1.60 bits per heavy atom. The number of aryl methyl sites for hydroxylation is 1. The average molecular weight is 453 g/mol. The Kier molecular flexibility index (Phi) is 5.34. The summed E-state index contributed by atoms with van der Waals surface area (Å²) >= 11 is 0. The minimum atomic E-state index is -4.60. The van der Waals surface area contributed by atoms with Crippen molar-refractivity contribution in [3.63, 3.8) is 0 Å². The molecule has 0 fully saturated rings. The molecule has 30 heavy (non-hydrogen) atoms. The molecule has 0 spiro atoms. The highest BCUT2D eigenvalue weighted by Crippen LogP contribution is 2.26. The molecule has 0 aliphatic heterocycles. The molecule has 0 bridgehead atoms. The number of rotatable bonds is 5. The number of hydrogen-bond acceptors (Lipinski definition) is 8. The molecule has 0 aliphatic rings. The molecule has 14 heteroatoms. The van der Waals surface area contributed by atoms with E-state index in [2.05, 4.69) is 15.3 Å². The van der Waals surface area contributed by atoms with Crippen LogP contribution in [0.5, 0.6) is 0 Å². The van der Waals surface area contributed by atoms with Crippen molar-refractivity contribution in [2.75, 3.05) is 5.73 Å². The Labute approximate surface area is 170 Å². The summed E-state index contributed by atoms with van der Waals surface area (Å²) in [5, 5.41) is 10.3. The summed E-state index contributed by atoms with van der Waals surface area (Å²) < 4.78 is 64.9. The van der Waals surface area contributed by atoms with Gasteiger partial charge in [-0.05, 0) is 37.3 Å². The van der Waals surface area contributed by atoms with Crippen LogP contribution in [0.1, 0.15) is 5.69 Å². The van der Waals surface area contributed by atoms with Crippen LogP contribution >= 0.6 is 0 Å². The smallest absolute Gasteiger partial charge is 0.299 e. The van der Waals surface area contributed by atoms with Crippen molar-refractivity contribution >= 4 is 37.3 Å². The number of hydrogen-bond donors (Lipinski definition) is 4. The molecule has 0 atom stereocenters. The zero-order valence-corrected chi connectivity index (χ0v) is 16.8. The fourth-order valence-corrected chi connectivity index (χ4v) is 3.90. The Bertz CT molecular complexity index is 1440. The second-order valence-corrected chi connectivity index (χ2v) is 8.85. The van der Waals surface area contributed by atoms with E-state index in [4.69, 9.17) is 10.3 Å². The first-order valence-electron chi connectivity index (χ1n) is 8.07. The highest BCUT2D eigenvalue weighted by Gasteiger charge is 2.20. The molecule has 5 N–H and O–H groups in total. The number of H-pyrrole nitrogens is 1. The van der Waals surface area contributed by atoms with E-state index in [0.717, 1.165) is 22.9 Å². The highest BCUT2D eigenvalue weighted by atomic mass is 32.2. The number of nitrogens with zero attached hydrogens (tertiary/aromatic N) is 3. The van der Waals surface area contributed by atoms with E-state index in [-0.39, 0.29) is 28.4 Å². The third-order valence-electron chi connectivity index (χ3n) is 3.96. The van der Waals surface area contributed by atoms with Crippen LogP contribution in [-0.2, 0) is 20.2 Å². The van der Waals surface area contributed by atoms with E-state index in [1.54, 1.807) is 0 Å². The van der Waals surface area contributed by atoms with Gasteiger partial charge in [0, 0.05) is 0 Å². The van der Waals surface area contributed by atoms with Gasteiger partial charge < -0.3 is 5.73 Å². The van der Waals surface area contributed by atoms with Gasteiger partial charge in [-0.1, -0.05) is 12.1 Å². The molecular formula is C16H15N5O7S2. The number of nitrogens with two attached hydrogens (primary N) is 1. The van der Waals surface area contributed by atoms with Gasteiger partial charge in [-0.15, -0.1) is 5.11 Å². The van der Waals surface area contributed by atoms with Crippen LogP contribution in [-0.4, -0.2) is 35.7 Å². The summed E-state index contributed by atoms with van der Waals surface area (Å²) in [4.78, 5) is 11.7. The van der Waals surface area contributed by atoms with Crippen LogP contribution in [0.4, 0.5) is 17.1 Å². The van der Waals surface area contributed by atoms with Gasteiger partial charge in [0.15, 0.2) is 5.69 Å². The monoisotopic (exact) mass is 453 g/mol. The van der Waals surface area contributed by atoms with E-state index >= 15 is 0 Å². The molecule has 158 valence electrons. The third kappa shape index (κ3) is 4.16. The molecule has 2 aromatic carbocycles. The lowest BCUT2D eigenvalue weighted by Gasteiger charge is -2.06. The molecular weight excluding hydrogens is 438 g/mol. The molecule has 0 radical (unpaired) electrons. The Hall–Kier alpha value is -3.33. The maximum absolute atomic E-state index is 12.7. The Morgan fingerprint density at radius 3 is 2.20 bits per heavy atom. The van der Waals surface area contributed by atoms with E-state index in [1.165, 1.54) is 31.2 Å². The Balaban J connectivity index is 2.05. The lowest BCUT2D eigenvalue weighted by Crippen LogP contribution is -2.17. The SMILES string of the molecule is Cc1[nH]n(-c2ccccc2S(=O)(=O)O)c(=O)c1N=Nc1ccc(S(=O)(=O)O)c(N)c1. The second kappa shape index (κ2) is 7.49. The van der Waals surface area contributed by atoms with Gasteiger partial charge in [0.25, 0.3) is 25.8 Å². The molecule has 1 heterocycles. The number of azo groups is 1. The topological polar surface area (TPSA) is 197 Å². The number of aromatic amines is 1.